The molecule has 0 aromatic heterocycles. The Balaban J connectivity index is 2.15. The Bertz CT molecular complexity index is 194. The molecule has 3 nitrogen and oxygen atoms in total. The quantitative estimate of drug-likeness (QED) is 0.765. The van der Waals surface area contributed by atoms with Gasteiger partial charge in [-0.05, 0) is 59.8 Å². The fourth-order valence-electron chi connectivity index (χ4n) is 2.38. The van der Waals surface area contributed by atoms with E-state index in [9.17, 15) is 0 Å². The number of nitrogens with one attached hydrogen (secondary N) is 1. The molecule has 0 saturated carbocycles. The Morgan fingerprint density at radius 1 is 1.29 bits per heavy atom. The van der Waals surface area contributed by atoms with Gasteiger partial charge in [-0.25, -0.2) is 0 Å². The summed E-state index contributed by atoms with van der Waals surface area (Å²) in [4.78, 5) is 4.98. The number of rotatable bonds is 6. The third-order valence-corrected chi connectivity index (χ3v) is 4.05. The number of hydrogen-bond donors (Lipinski definition) is 1. The van der Waals surface area contributed by atoms with E-state index in [1.54, 1.807) is 0 Å². The van der Waals surface area contributed by atoms with E-state index in [2.05, 4.69) is 42.9 Å². The number of likely N-dealkylation sites (tertiary alicyclic amines) is 1. The highest BCUT2D eigenvalue weighted by atomic mass is 15.1. The van der Waals surface area contributed by atoms with Gasteiger partial charge in [-0.15, -0.1) is 0 Å². The van der Waals surface area contributed by atoms with Crippen molar-refractivity contribution in [3.8, 4) is 0 Å². The van der Waals surface area contributed by atoms with Crippen LogP contribution in [0.15, 0.2) is 0 Å². The first-order valence-corrected chi connectivity index (χ1v) is 7.29. The van der Waals surface area contributed by atoms with Gasteiger partial charge in [-0.3, -0.25) is 0 Å². The molecule has 17 heavy (non-hydrogen) atoms. The Hall–Kier alpha value is -0.120. The first kappa shape index (κ1) is 14.9. The highest BCUT2D eigenvalue weighted by molar-refractivity contribution is 4.74. The number of hydrogen-bond acceptors (Lipinski definition) is 3. The third kappa shape index (κ3) is 5.84. The summed E-state index contributed by atoms with van der Waals surface area (Å²) in [6, 6.07) is 1.40. The Morgan fingerprint density at radius 2 is 2.06 bits per heavy atom. The van der Waals surface area contributed by atoms with Gasteiger partial charge < -0.3 is 15.1 Å². The lowest BCUT2D eigenvalue weighted by molar-refractivity contribution is 0.264. The molecule has 1 N–H and O–H groups in total. The Morgan fingerprint density at radius 3 is 2.71 bits per heavy atom. The van der Waals surface area contributed by atoms with Crippen LogP contribution in [0, 0.1) is 0 Å². The maximum Gasteiger partial charge on any atom is 0.0107 e. The molecule has 0 aliphatic carbocycles. The lowest BCUT2D eigenvalue weighted by Gasteiger charge is -2.23. The predicted octanol–water partition coefficient (Wildman–Crippen LogP) is 1.79. The predicted molar refractivity (Wildman–Crippen MR) is 75.5 cm³/mol. The summed E-state index contributed by atoms with van der Waals surface area (Å²) in [6.07, 6.45) is 4.02. The average Bonchev–Trinajstić information content (AvgIpc) is 2.54. The molecule has 0 aromatic rings. The molecule has 0 aromatic carbocycles. The number of likely N-dealkylation sites (N-methyl/N-ethyl adjacent to an activating group) is 1. The summed E-state index contributed by atoms with van der Waals surface area (Å²) >= 11 is 0. The Labute approximate surface area is 108 Å². The molecule has 0 amide bonds. The van der Waals surface area contributed by atoms with Crippen molar-refractivity contribution >= 4 is 0 Å². The highest BCUT2D eigenvalue weighted by Crippen LogP contribution is 2.10. The standard InChI is InChI=1S/C14H31N3/c1-5-17-10-6-7-14(8-11-17)15-9-12-16(4)13(2)3/h13-15H,5-12H2,1-4H3. The van der Waals surface area contributed by atoms with E-state index in [1.807, 2.05) is 0 Å². The van der Waals surface area contributed by atoms with Crippen LogP contribution >= 0.6 is 0 Å². The normalized spacial score (nSPS) is 23.3. The van der Waals surface area contributed by atoms with Crippen LogP contribution in [0.4, 0.5) is 0 Å². The largest absolute Gasteiger partial charge is 0.313 e. The molecular weight excluding hydrogens is 210 g/mol. The van der Waals surface area contributed by atoms with Crippen LogP contribution in [-0.2, 0) is 0 Å². The van der Waals surface area contributed by atoms with Crippen LogP contribution in [0.25, 0.3) is 0 Å². The van der Waals surface area contributed by atoms with Crippen molar-refractivity contribution in [1.29, 1.82) is 0 Å². The van der Waals surface area contributed by atoms with Gasteiger partial charge in [0.1, 0.15) is 0 Å². The summed E-state index contributed by atoms with van der Waals surface area (Å²) in [5, 5.41) is 3.72. The van der Waals surface area contributed by atoms with E-state index in [4.69, 9.17) is 0 Å². The van der Waals surface area contributed by atoms with Crippen LogP contribution < -0.4 is 5.32 Å². The van der Waals surface area contributed by atoms with E-state index in [0.717, 1.165) is 19.1 Å². The summed E-state index contributed by atoms with van der Waals surface area (Å²) in [5.41, 5.74) is 0. The summed E-state index contributed by atoms with van der Waals surface area (Å²) < 4.78 is 0. The molecule has 1 aliphatic heterocycles. The molecule has 1 heterocycles. The molecule has 3 heteroatoms. The molecule has 1 rings (SSSR count). The van der Waals surface area contributed by atoms with Crippen LogP contribution in [0.3, 0.4) is 0 Å². The lowest BCUT2D eigenvalue weighted by Crippen LogP contribution is -2.38. The van der Waals surface area contributed by atoms with Crippen molar-refractivity contribution in [1.82, 2.24) is 15.1 Å². The third-order valence-electron chi connectivity index (χ3n) is 4.05. The molecule has 0 bridgehead atoms. The summed E-state index contributed by atoms with van der Waals surface area (Å²) in [7, 11) is 2.21. The molecule has 0 spiro atoms. The monoisotopic (exact) mass is 241 g/mol. The summed E-state index contributed by atoms with van der Waals surface area (Å²) in [5.74, 6) is 0. The van der Waals surface area contributed by atoms with Crippen molar-refractivity contribution in [3.63, 3.8) is 0 Å². The second-order valence-electron chi connectivity index (χ2n) is 5.59. The summed E-state index contributed by atoms with van der Waals surface area (Å²) in [6.45, 7) is 12.8. The molecule has 1 fully saturated rings. The molecular formula is C14H31N3. The maximum atomic E-state index is 3.72. The molecule has 1 saturated heterocycles. The first-order chi connectivity index (χ1) is 8.13. The number of nitrogens with zero attached hydrogens (tertiary/aromatic N) is 2. The molecule has 102 valence electrons. The smallest absolute Gasteiger partial charge is 0.0107 e. The van der Waals surface area contributed by atoms with Crippen LogP contribution in [-0.4, -0.2) is 61.7 Å². The first-order valence-electron chi connectivity index (χ1n) is 7.29. The fourth-order valence-corrected chi connectivity index (χ4v) is 2.38. The van der Waals surface area contributed by atoms with Gasteiger partial charge in [0.25, 0.3) is 0 Å². The van der Waals surface area contributed by atoms with Crippen molar-refractivity contribution in [3.05, 3.63) is 0 Å². The fraction of sp³-hybridized carbons (Fsp3) is 1.00. The zero-order valence-electron chi connectivity index (χ0n) is 12.2. The van der Waals surface area contributed by atoms with E-state index in [-0.39, 0.29) is 0 Å². The van der Waals surface area contributed by atoms with Gasteiger partial charge in [0.2, 0.25) is 0 Å². The highest BCUT2D eigenvalue weighted by Gasteiger charge is 2.15. The maximum absolute atomic E-state index is 3.72. The topological polar surface area (TPSA) is 18.5 Å². The molecule has 1 aliphatic rings. The minimum absolute atomic E-state index is 0.654. The van der Waals surface area contributed by atoms with Gasteiger partial charge >= 0.3 is 0 Å². The van der Waals surface area contributed by atoms with Crippen LogP contribution in [0.1, 0.15) is 40.0 Å². The SMILES string of the molecule is CCN1CCCC(NCCN(C)C(C)C)CC1. The van der Waals surface area contributed by atoms with Gasteiger partial charge in [0, 0.05) is 25.2 Å². The second-order valence-corrected chi connectivity index (χ2v) is 5.59. The van der Waals surface area contributed by atoms with Crippen LogP contribution in [0.5, 0.6) is 0 Å². The van der Waals surface area contributed by atoms with Crippen molar-refractivity contribution in [2.45, 2.75) is 52.1 Å². The molecule has 1 unspecified atom stereocenters. The second kappa shape index (κ2) is 8.06. The van der Waals surface area contributed by atoms with Gasteiger partial charge in [0.15, 0.2) is 0 Å². The van der Waals surface area contributed by atoms with E-state index >= 15 is 0 Å². The van der Waals surface area contributed by atoms with E-state index < -0.39 is 0 Å². The molecule has 0 radical (unpaired) electrons. The van der Waals surface area contributed by atoms with Crippen molar-refractivity contribution in [2.75, 3.05) is 39.8 Å². The zero-order valence-corrected chi connectivity index (χ0v) is 12.2. The Kier molecular flexibility index (Phi) is 7.09. The molecule has 1 atom stereocenters. The zero-order chi connectivity index (χ0) is 12.7. The van der Waals surface area contributed by atoms with Crippen LogP contribution in [0.2, 0.25) is 0 Å². The van der Waals surface area contributed by atoms with Gasteiger partial charge in [-0.2, -0.15) is 0 Å². The van der Waals surface area contributed by atoms with Crippen molar-refractivity contribution < 1.29 is 0 Å². The average molecular weight is 241 g/mol. The van der Waals surface area contributed by atoms with Gasteiger partial charge in [0.05, 0.1) is 0 Å². The minimum atomic E-state index is 0.654. The minimum Gasteiger partial charge on any atom is -0.313 e. The van der Waals surface area contributed by atoms with E-state index in [0.29, 0.717) is 6.04 Å². The van der Waals surface area contributed by atoms with Crippen molar-refractivity contribution in [2.24, 2.45) is 0 Å². The lowest BCUT2D eigenvalue weighted by atomic mass is 10.1. The van der Waals surface area contributed by atoms with Gasteiger partial charge in [-0.1, -0.05) is 6.92 Å². The van der Waals surface area contributed by atoms with E-state index in [1.165, 1.54) is 38.9 Å².